The smallest absolute Gasteiger partial charge is 0.229 e. The standard InChI is InChI=1S/C25H32N2O2/c1-15(2)20-10-8-11-21(16(3)4)24(20)26-25(29)19-13-23(28)27(14-19)22-12-7-9-17(5)18(22)6/h7-12,15-16,19H,13-14H2,1-6H3,(H,26,29). The Morgan fingerprint density at radius 1 is 1.00 bits per heavy atom. The molecule has 1 N–H and O–H groups in total. The Hall–Kier alpha value is -2.62. The van der Waals surface area contributed by atoms with E-state index >= 15 is 0 Å². The van der Waals surface area contributed by atoms with Crippen LogP contribution in [0.15, 0.2) is 36.4 Å². The van der Waals surface area contributed by atoms with Crippen LogP contribution in [0.2, 0.25) is 0 Å². The molecule has 29 heavy (non-hydrogen) atoms. The highest BCUT2D eigenvalue weighted by molar-refractivity contribution is 6.04. The van der Waals surface area contributed by atoms with Crippen LogP contribution in [-0.2, 0) is 9.59 Å². The largest absolute Gasteiger partial charge is 0.325 e. The number of carbonyl (C=O) groups excluding carboxylic acids is 2. The first kappa shape index (κ1) is 21.1. The van der Waals surface area contributed by atoms with Crippen LogP contribution >= 0.6 is 0 Å². The minimum absolute atomic E-state index is 0.0140. The Morgan fingerprint density at radius 3 is 2.17 bits per heavy atom. The van der Waals surface area contributed by atoms with E-state index in [2.05, 4.69) is 51.2 Å². The molecule has 1 fully saturated rings. The first-order valence-electron chi connectivity index (χ1n) is 10.5. The van der Waals surface area contributed by atoms with Gasteiger partial charge in [-0.05, 0) is 54.0 Å². The lowest BCUT2D eigenvalue weighted by Crippen LogP contribution is -2.29. The van der Waals surface area contributed by atoms with E-state index < -0.39 is 0 Å². The van der Waals surface area contributed by atoms with E-state index in [1.54, 1.807) is 4.90 Å². The third kappa shape index (κ3) is 4.21. The molecule has 2 amide bonds. The van der Waals surface area contributed by atoms with Gasteiger partial charge in [-0.3, -0.25) is 9.59 Å². The number of carbonyl (C=O) groups is 2. The number of hydrogen-bond acceptors (Lipinski definition) is 2. The van der Waals surface area contributed by atoms with Crippen molar-refractivity contribution < 1.29 is 9.59 Å². The minimum Gasteiger partial charge on any atom is -0.325 e. The lowest BCUT2D eigenvalue weighted by molar-refractivity contribution is -0.122. The summed E-state index contributed by atoms with van der Waals surface area (Å²) in [5.74, 6) is 0.213. The summed E-state index contributed by atoms with van der Waals surface area (Å²) in [5.41, 5.74) is 6.35. The summed E-state index contributed by atoms with van der Waals surface area (Å²) in [7, 11) is 0. The van der Waals surface area contributed by atoms with Gasteiger partial charge in [0, 0.05) is 24.3 Å². The Balaban J connectivity index is 1.84. The predicted octanol–water partition coefficient (Wildman–Crippen LogP) is 5.54. The summed E-state index contributed by atoms with van der Waals surface area (Å²) >= 11 is 0. The zero-order valence-electron chi connectivity index (χ0n) is 18.4. The van der Waals surface area contributed by atoms with Crippen molar-refractivity contribution in [3.8, 4) is 0 Å². The summed E-state index contributed by atoms with van der Waals surface area (Å²) in [6.07, 6.45) is 0.250. The number of rotatable bonds is 5. The predicted molar refractivity (Wildman–Crippen MR) is 120 cm³/mol. The monoisotopic (exact) mass is 392 g/mol. The molecule has 2 aromatic rings. The zero-order valence-corrected chi connectivity index (χ0v) is 18.4. The maximum atomic E-state index is 13.1. The van der Waals surface area contributed by atoms with Gasteiger partial charge in [-0.25, -0.2) is 0 Å². The number of hydrogen-bond donors (Lipinski definition) is 1. The molecule has 0 aliphatic carbocycles. The van der Waals surface area contributed by atoms with Crippen LogP contribution in [0.1, 0.15) is 68.2 Å². The molecule has 1 aliphatic heterocycles. The van der Waals surface area contributed by atoms with Crippen molar-refractivity contribution in [1.82, 2.24) is 0 Å². The van der Waals surface area contributed by atoms with Crippen LogP contribution in [0.25, 0.3) is 0 Å². The summed E-state index contributed by atoms with van der Waals surface area (Å²) in [6, 6.07) is 12.2. The lowest BCUT2D eigenvalue weighted by Gasteiger charge is -2.22. The number of amides is 2. The van der Waals surface area contributed by atoms with Crippen molar-refractivity contribution >= 4 is 23.2 Å². The summed E-state index contributed by atoms with van der Waals surface area (Å²) < 4.78 is 0. The van der Waals surface area contributed by atoms with Gasteiger partial charge in [-0.1, -0.05) is 58.0 Å². The van der Waals surface area contributed by atoms with E-state index in [1.807, 2.05) is 32.0 Å². The van der Waals surface area contributed by atoms with E-state index in [1.165, 1.54) is 0 Å². The van der Waals surface area contributed by atoms with Crippen LogP contribution in [-0.4, -0.2) is 18.4 Å². The van der Waals surface area contributed by atoms with Gasteiger partial charge < -0.3 is 10.2 Å². The first-order valence-corrected chi connectivity index (χ1v) is 10.5. The highest BCUT2D eigenvalue weighted by Gasteiger charge is 2.36. The number of nitrogens with one attached hydrogen (secondary N) is 1. The van der Waals surface area contributed by atoms with E-state index in [9.17, 15) is 9.59 Å². The van der Waals surface area contributed by atoms with E-state index in [-0.39, 0.29) is 24.2 Å². The van der Waals surface area contributed by atoms with E-state index in [0.717, 1.165) is 33.6 Å². The molecular weight excluding hydrogens is 360 g/mol. The summed E-state index contributed by atoms with van der Waals surface area (Å²) in [5, 5.41) is 3.18. The van der Waals surface area contributed by atoms with Gasteiger partial charge in [0.05, 0.1) is 5.92 Å². The number of para-hydroxylation sites is 1. The fourth-order valence-electron chi connectivity index (χ4n) is 4.06. The highest BCUT2D eigenvalue weighted by Crippen LogP contribution is 2.34. The molecule has 1 atom stereocenters. The molecule has 0 aromatic heterocycles. The van der Waals surface area contributed by atoms with Crippen LogP contribution in [0.3, 0.4) is 0 Å². The fourth-order valence-corrected chi connectivity index (χ4v) is 4.06. The van der Waals surface area contributed by atoms with Gasteiger partial charge in [0.15, 0.2) is 0 Å². The third-order valence-electron chi connectivity index (χ3n) is 5.98. The first-order chi connectivity index (χ1) is 13.7. The van der Waals surface area contributed by atoms with Gasteiger partial charge >= 0.3 is 0 Å². The molecule has 4 nitrogen and oxygen atoms in total. The minimum atomic E-state index is -0.345. The highest BCUT2D eigenvalue weighted by atomic mass is 16.2. The van der Waals surface area contributed by atoms with Crippen molar-refractivity contribution in [3.05, 3.63) is 58.7 Å². The van der Waals surface area contributed by atoms with Gasteiger partial charge in [-0.2, -0.15) is 0 Å². The van der Waals surface area contributed by atoms with Gasteiger partial charge in [0.2, 0.25) is 11.8 Å². The SMILES string of the molecule is Cc1cccc(N2CC(C(=O)Nc3c(C(C)C)cccc3C(C)C)CC2=O)c1C. The van der Waals surface area contributed by atoms with Crippen molar-refractivity contribution in [2.45, 2.75) is 59.8 Å². The quantitative estimate of drug-likeness (QED) is 0.726. The van der Waals surface area contributed by atoms with E-state index in [4.69, 9.17) is 0 Å². The molecule has 0 bridgehead atoms. The maximum Gasteiger partial charge on any atom is 0.229 e. The lowest BCUT2D eigenvalue weighted by atomic mass is 9.92. The van der Waals surface area contributed by atoms with Crippen molar-refractivity contribution in [2.24, 2.45) is 5.92 Å². The Labute approximate surface area is 174 Å². The Bertz CT molecular complexity index is 904. The molecule has 2 aromatic carbocycles. The average Bonchev–Trinajstić information content (AvgIpc) is 3.05. The molecule has 0 saturated carbocycles. The zero-order chi connectivity index (χ0) is 21.3. The molecule has 1 aliphatic rings. The summed E-state index contributed by atoms with van der Waals surface area (Å²) in [6.45, 7) is 13.0. The average molecular weight is 393 g/mol. The molecule has 4 heteroatoms. The van der Waals surface area contributed by atoms with Crippen molar-refractivity contribution in [1.29, 1.82) is 0 Å². The Morgan fingerprint density at radius 2 is 1.59 bits per heavy atom. The maximum absolute atomic E-state index is 13.1. The molecule has 0 radical (unpaired) electrons. The molecular formula is C25H32N2O2. The number of benzene rings is 2. The van der Waals surface area contributed by atoms with Gasteiger partial charge in [-0.15, -0.1) is 0 Å². The molecule has 154 valence electrons. The van der Waals surface area contributed by atoms with Crippen LogP contribution < -0.4 is 10.2 Å². The molecule has 3 rings (SSSR count). The van der Waals surface area contributed by atoms with Crippen molar-refractivity contribution in [2.75, 3.05) is 16.8 Å². The number of nitrogens with zero attached hydrogens (tertiary/aromatic N) is 1. The van der Waals surface area contributed by atoms with Crippen LogP contribution in [0.4, 0.5) is 11.4 Å². The number of anilines is 2. The van der Waals surface area contributed by atoms with Crippen molar-refractivity contribution in [3.63, 3.8) is 0 Å². The Kier molecular flexibility index (Phi) is 6.11. The molecule has 1 heterocycles. The molecule has 1 unspecified atom stereocenters. The fraction of sp³-hybridized carbons (Fsp3) is 0.440. The topological polar surface area (TPSA) is 49.4 Å². The number of aryl methyl sites for hydroxylation is 1. The van der Waals surface area contributed by atoms with Crippen LogP contribution in [0, 0.1) is 19.8 Å². The van der Waals surface area contributed by atoms with Crippen LogP contribution in [0.5, 0.6) is 0 Å². The normalized spacial score (nSPS) is 16.8. The molecule has 0 spiro atoms. The summed E-state index contributed by atoms with van der Waals surface area (Å²) in [4.78, 5) is 27.6. The second kappa shape index (κ2) is 8.40. The molecule has 1 saturated heterocycles. The third-order valence-corrected chi connectivity index (χ3v) is 5.98. The van der Waals surface area contributed by atoms with Gasteiger partial charge in [0.1, 0.15) is 0 Å². The van der Waals surface area contributed by atoms with E-state index in [0.29, 0.717) is 18.4 Å². The van der Waals surface area contributed by atoms with Gasteiger partial charge in [0.25, 0.3) is 0 Å². The second-order valence-electron chi connectivity index (χ2n) is 8.73. The second-order valence-corrected chi connectivity index (χ2v) is 8.73.